The summed E-state index contributed by atoms with van der Waals surface area (Å²) in [4.78, 5) is 27.6. The van der Waals surface area contributed by atoms with Crippen LogP contribution in [0.3, 0.4) is 0 Å². The zero-order valence-electron chi connectivity index (χ0n) is 14.7. The first-order valence-electron chi connectivity index (χ1n) is 8.98. The highest BCUT2D eigenvalue weighted by Gasteiger charge is 2.32. The molecule has 140 valence electrons. The van der Waals surface area contributed by atoms with E-state index in [-0.39, 0.29) is 17.9 Å². The Balaban J connectivity index is 1.41. The number of carbonyl (C=O) groups is 2. The quantitative estimate of drug-likeness (QED) is 0.719. The number of likely N-dealkylation sites (tertiary alicyclic amines) is 1. The second-order valence-corrected chi connectivity index (χ2v) is 7.21. The first-order valence-corrected chi connectivity index (χ1v) is 9.86. The summed E-state index contributed by atoms with van der Waals surface area (Å²) in [6.07, 6.45) is 4.97. The second kappa shape index (κ2) is 9.54. The van der Waals surface area contributed by atoms with Crippen molar-refractivity contribution in [2.24, 2.45) is 0 Å². The number of thiophene rings is 1. The number of carbonyl (C=O) groups excluding carboxylic acids is 2. The zero-order valence-corrected chi connectivity index (χ0v) is 15.5. The molecule has 6 nitrogen and oxygen atoms in total. The van der Waals surface area contributed by atoms with E-state index < -0.39 is 0 Å². The number of rotatable bonds is 8. The van der Waals surface area contributed by atoms with Crippen LogP contribution in [-0.4, -0.2) is 42.5 Å². The van der Waals surface area contributed by atoms with Crippen molar-refractivity contribution in [1.29, 1.82) is 0 Å². The van der Waals surface area contributed by atoms with E-state index >= 15 is 0 Å². The van der Waals surface area contributed by atoms with Gasteiger partial charge in [0.25, 0.3) is 5.91 Å². The Labute approximate surface area is 157 Å². The molecule has 7 heteroatoms. The Morgan fingerprint density at radius 1 is 1.31 bits per heavy atom. The van der Waals surface area contributed by atoms with Gasteiger partial charge in [-0.05, 0) is 49.3 Å². The molecule has 0 aliphatic carbocycles. The first-order chi connectivity index (χ1) is 12.8. The third kappa shape index (κ3) is 4.95. The van der Waals surface area contributed by atoms with E-state index in [1.54, 1.807) is 11.2 Å². The van der Waals surface area contributed by atoms with Crippen LogP contribution in [0.15, 0.2) is 40.3 Å². The van der Waals surface area contributed by atoms with Gasteiger partial charge in [0, 0.05) is 19.7 Å². The number of hydrogen-bond donors (Lipinski definition) is 1. The number of piperidine rings is 1. The molecule has 2 aromatic rings. The standard InChI is InChI=1S/C19H24N2O4S/c22-18(20-9-5-11-24-14-15-6-3-12-25-15)16-7-1-2-10-21(16)19(23)17-8-4-13-26-17/h3-4,6,8,12-13,16H,1-2,5,7,9-11,14H2,(H,20,22). The molecule has 0 radical (unpaired) electrons. The Kier molecular flexibility index (Phi) is 6.85. The molecule has 1 aliphatic rings. The van der Waals surface area contributed by atoms with E-state index in [9.17, 15) is 9.59 Å². The van der Waals surface area contributed by atoms with Crippen LogP contribution in [0.25, 0.3) is 0 Å². The molecule has 2 aromatic heterocycles. The van der Waals surface area contributed by atoms with Crippen LogP contribution < -0.4 is 5.32 Å². The Bertz CT molecular complexity index is 684. The van der Waals surface area contributed by atoms with E-state index in [0.717, 1.165) is 31.4 Å². The molecule has 2 amide bonds. The summed E-state index contributed by atoms with van der Waals surface area (Å²) in [5.41, 5.74) is 0. The van der Waals surface area contributed by atoms with Crippen molar-refractivity contribution in [2.75, 3.05) is 19.7 Å². The average Bonchev–Trinajstić information content (AvgIpc) is 3.37. The van der Waals surface area contributed by atoms with Gasteiger partial charge in [0.15, 0.2) is 0 Å². The molecule has 3 heterocycles. The molecule has 1 atom stereocenters. The van der Waals surface area contributed by atoms with Crippen LogP contribution in [0.2, 0.25) is 0 Å². The predicted octanol–water partition coefficient (Wildman–Crippen LogP) is 3.06. The van der Waals surface area contributed by atoms with Gasteiger partial charge in [-0.25, -0.2) is 0 Å². The molecule has 0 bridgehead atoms. The summed E-state index contributed by atoms with van der Waals surface area (Å²) in [6.45, 7) is 2.16. The lowest BCUT2D eigenvalue weighted by atomic mass is 10.0. The van der Waals surface area contributed by atoms with E-state index in [2.05, 4.69) is 5.32 Å². The highest BCUT2D eigenvalue weighted by atomic mass is 32.1. The van der Waals surface area contributed by atoms with Crippen molar-refractivity contribution in [3.8, 4) is 0 Å². The molecule has 1 N–H and O–H groups in total. The molecule has 0 spiro atoms. The van der Waals surface area contributed by atoms with Gasteiger partial charge in [-0.15, -0.1) is 11.3 Å². The Hall–Kier alpha value is -2.12. The molecule has 1 aliphatic heterocycles. The SMILES string of the molecule is O=C(NCCCOCc1ccco1)C1CCCCN1C(=O)c1cccs1. The molecule has 1 fully saturated rings. The van der Waals surface area contributed by atoms with Gasteiger partial charge in [0.1, 0.15) is 18.4 Å². The first kappa shape index (κ1) is 18.7. The average molecular weight is 376 g/mol. The predicted molar refractivity (Wildman–Crippen MR) is 99.0 cm³/mol. The van der Waals surface area contributed by atoms with Crippen LogP contribution in [0.5, 0.6) is 0 Å². The summed E-state index contributed by atoms with van der Waals surface area (Å²) in [6, 6.07) is 6.99. The van der Waals surface area contributed by atoms with Gasteiger partial charge in [0.2, 0.25) is 5.91 Å². The van der Waals surface area contributed by atoms with Gasteiger partial charge in [0.05, 0.1) is 11.1 Å². The maximum Gasteiger partial charge on any atom is 0.264 e. The summed E-state index contributed by atoms with van der Waals surface area (Å²) >= 11 is 1.42. The van der Waals surface area contributed by atoms with E-state index in [0.29, 0.717) is 31.2 Å². The van der Waals surface area contributed by atoms with Crippen LogP contribution in [0.4, 0.5) is 0 Å². The Morgan fingerprint density at radius 2 is 2.23 bits per heavy atom. The highest BCUT2D eigenvalue weighted by Crippen LogP contribution is 2.21. The lowest BCUT2D eigenvalue weighted by molar-refractivity contribution is -0.126. The van der Waals surface area contributed by atoms with Crippen molar-refractivity contribution in [3.05, 3.63) is 46.5 Å². The summed E-state index contributed by atoms with van der Waals surface area (Å²) in [5, 5.41) is 4.83. The van der Waals surface area contributed by atoms with E-state index in [4.69, 9.17) is 9.15 Å². The molecule has 3 rings (SSSR count). The smallest absolute Gasteiger partial charge is 0.264 e. The third-order valence-electron chi connectivity index (χ3n) is 4.39. The van der Waals surface area contributed by atoms with Gasteiger partial charge < -0.3 is 19.4 Å². The van der Waals surface area contributed by atoms with E-state index in [1.807, 2.05) is 29.6 Å². The molecular formula is C19H24N2O4S. The molecule has 0 aromatic carbocycles. The maximum absolute atomic E-state index is 12.6. The zero-order chi connectivity index (χ0) is 18.2. The monoisotopic (exact) mass is 376 g/mol. The molecular weight excluding hydrogens is 352 g/mol. The van der Waals surface area contributed by atoms with Gasteiger partial charge >= 0.3 is 0 Å². The van der Waals surface area contributed by atoms with Gasteiger partial charge in [-0.2, -0.15) is 0 Å². The molecule has 0 saturated carbocycles. The van der Waals surface area contributed by atoms with Crippen LogP contribution in [0.1, 0.15) is 41.1 Å². The highest BCUT2D eigenvalue weighted by molar-refractivity contribution is 7.12. The maximum atomic E-state index is 12.6. The van der Waals surface area contributed by atoms with Crippen LogP contribution in [-0.2, 0) is 16.1 Å². The lowest BCUT2D eigenvalue weighted by Gasteiger charge is -2.34. The van der Waals surface area contributed by atoms with Crippen LogP contribution in [0, 0.1) is 0 Å². The minimum absolute atomic E-state index is 0.0402. The summed E-state index contributed by atoms with van der Waals surface area (Å²) in [7, 11) is 0. The Morgan fingerprint density at radius 3 is 3.00 bits per heavy atom. The summed E-state index contributed by atoms with van der Waals surface area (Å²) in [5.74, 6) is 0.682. The number of furan rings is 1. The fourth-order valence-electron chi connectivity index (χ4n) is 3.06. The summed E-state index contributed by atoms with van der Waals surface area (Å²) < 4.78 is 10.7. The molecule has 1 unspecified atom stereocenters. The largest absolute Gasteiger partial charge is 0.467 e. The third-order valence-corrected chi connectivity index (χ3v) is 5.25. The fraction of sp³-hybridized carbons (Fsp3) is 0.474. The number of hydrogen-bond acceptors (Lipinski definition) is 5. The molecule has 1 saturated heterocycles. The number of nitrogens with zero attached hydrogens (tertiary/aromatic N) is 1. The number of amides is 2. The van der Waals surface area contributed by atoms with Crippen molar-refractivity contribution < 1.29 is 18.7 Å². The van der Waals surface area contributed by atoms with Crippen molar-refractivity contribution >= 4 is 23.2 Å². The van der Waals surface area contributed by atoms with Crippen molar-refractivity contribution in [2.45, 2.75) is 38.3 Å². The van der Waals surface area contributed by atoms with Crippen molar-refractivity contribution in [1.82, 2.24) is 10.2 Å². The number of ether oxygens (including phenoxy) is 1. The minimum atomic E-state index is -0.373. The minimum Gasteiger partial charge on any atom is -0.467 e. The van der Waals surface area contributed by atoms with Crippen molar-refractivity contribution in [3.63, 3.8) is 0 Å². The molecule has 26 heavy (non-hydrogen) atoms. The van der Waals surface area contributed by atoms with Gasteiger partial charge in [-0.1, -0.05) is 6.07 Å². The van der Waals surface area contributed by atoms with E-state index in [1.165, 1.54) is 11.3 Å². The van der Waals surface area contributed by atoms with Gasteiger partial charge in [-0.3, -0.25) is 9.59 Å². The number of nitrogens with one attached hydrogen (secondary N) is 1. The topological polar surface area (TPSA) is 71.8 Å². The fourth-order valence-corrected chi connectivity index (χ4v) is 3.74. The lowest BCUT2D eigenvalue weighted by Crippen LogP contribution is -2.52. The second-order valence-electron chi connectivity index (χ2n) is 6.26. The normalized spacial score (nSPS) is 17.2. The van der Waals surface area contributed by atoms with Crippen LogP contribution >= 0.6 is 11.3 Å².